The van der Waals surface area contributed by atoms with Gasteiger partial charge < -0.3 is 15.5 Å². The molecule has 1 aromatic heterocycles. The van der Waals surface area contributed by atoms with Crippen LogP contribution in [0.4, 0.5) is 5.69 Å². The largest absolute Gasteiger partial charge is 0.423 e. The molecular weight excluding hydrogens is 244 g/mol. The second-order valence-corrected chi connectivity index (χ2v) is 4.29. The Bertz CT molecular complexity index is 522. The molecule has 1 aromatic carbocycles. The number of benzene rings is 1. The molecule has 0 fully saturated rings. The van der Waals surface area contributed by atoms with Gasteiger partial charge in [-0.25, -0.2) is 0 Å². The van der Waals surface area contributed by atoms with Gasteiger partial charge in [0, 0.05) is 17.2 Å². The molecule has 2 aromatic rings. The van der Waals surface area contributed by atoms with Crippen LogP contribution in [-0.4, -0.2) is 22.6 Å². The van der Waals surface area contributed by atoms with Gasteiger partial charge in [0.2, 0.25) is 18.2 Å². The van der Waals surface area contributed by atoms with E-state index in [1.807, 2.05) is 19.1 Å². The maximum absolute atomic E-state index is 11.8. The zero-order chi connectivity index (χ0) is 13.7. The van der Waals surface area contributed by atoms with E-state index in [0.717, 1.165) is 11.3 Å². The van der Waals surface area contributed by atoms with Crippen molar-refractivity contribution in [3.8, 4) is 11.5 Å². The maximum Gasteiger partial charge on any atom is 0.247 e. The first kappa shape index (κ1) is 13.2. The summed E-state index contributed by atoms with van der Waals surface area (Å²) in [6.07, 6.45) is 1.95. The molecule has 100 valence electrons. The van der Waals surface area contributed by atoms with Crippen LogP contribution < -0.4 is 11.1 Å². The second kappa shape index (κ2) is 6.10. The first-order valence-corrected chi connectivity index (χ1v) is 6.08. The molecule has 0 aliphatic carbocycles. The normalized spacial score (nSPS) is 12.1. The highest BCUT2D eigenvalue weighted by Crippen LogP contribution is 2.19. The van der Waals surface area contributed by atoms with Crippen LogP contribution in [0.2, 0.25) is 0 Å². The van der Waals surface area contributed by atoms with Gasteiger partial charge in [-0.2, -0.15) is 0 Å². The molecule has 2 rings (SSSR count). The Morgan fingerprint density at radius 1 is 1.42 bits per heavy atom. The third-order valence-electron chi connectivity index (χ3n) is 2.81. The van der Waals surface area contributed by atoms with Gasteiger partial charge in [-0.3, -0.25) is 4.79 Å². The Balaban J connectivity index is 2.01. The third kappa shape index (κ3) is 3.38. The molecule has 1 unspecified atom stereocenters. The van der Waals surface area contributed by atoms with E-state index in [0.29, 0.717) is 18.9 Å². The van der Waals surface area contributed by atoms with Crippen molar-refractivity contribution in [2.24, 2.45) is 11.7 Å². The van der Waals surface area contributed by atoms with Gasteiger partial charge >= 0.3 is 0 Å². The molecule has 0 radical (unpaired) electrons. The lowest BCUT2D eigenvalue weighted by atomic mass is 10.1. The summed E-state index contributed by atoms with van der Waals surface area (Å²) in [5, 5.41) is 10.3. The minimum atomic E-state index is -0.0967. The van der Waals surface area contributed by atoms with Crippen molar-refractivity contribution in [1.82, 2.24) is 10.2 Å². The molecule has 1 amide bonds. The Labute approximate surface area is 111 Å². The topological polar surface area (TPSA) is 94.0 Å². The Kier molecular flexibility index (Phi) is 4.25. The molecule has 0 saturated carbocycles. The van der Waals surface area contributed by atoms with E-state index >= 15 is 0 Å². The first-order chi connectivity index (χ1) is 9.20. The Morgan fingerprint density at radius 2 is 2.16 bits per heavy atom. The number of carbonyl (C=O) groups excluding carboxylic acids is 1. The maximum atomic E-state index is 11.8. The van der Waals surface area contributed by atoms with E-state index < -0.39 is 0 Å². The van der Waals surface area contributed by atoms with E-state index in [9.17, 15) is 4.79 Å². The highest BCUT2D eigenvalue weighted by Gasteiger charge is 2.12. The van der Waals surface area contributed by atoms with Gasteiger partial charge in [0.05, 0.1) is 0 Å². The van der Waals surface area contributed by atoms with Crippen molar-refractivity contribution in [2.45, 2.75) is 13.3 Å². The average Bonchev–Trinajstić information content (AvgIpc) is 2.94. The number of nitrogens with one attached hydrogen (secondary N) is 1. The molecule has 3 N–H and O–H groups in total. The molecule has 1 heterocycles. The minimum Gasteiger partial charge on any atom is -0.423 e. The smallest absolute Gasteiger partial charge is 0.247 e. The van der Waals surface area contributed by atoms with E-state index in [1.165, 1.54) is 6.39 Å². The van der Waals surface area contributed by atoms with Crippen LogP contribution >= 0.6 is 0 Å². The van der Waals surface area contributed by atoms with Crippen molar-refractivity contribution < 1.29 is 9.21 Å². The minimum absolute atomic E-state index is 0.0315. The number of rotatable bonds is 5. The summed E-state index contributed by atoms with van der Waals surface area (Å²) < 4.78 is 5.09. The number of hydrogen-bond donors (Lipinski definition) is 2. The number of aromatic nitrogens is 2. The second-order valence-electron chi connectivity index (χ2n) is 4.29. The summed E-state index contributed by atoms with van der Waals surface area (Å²) >= 11 is 0. The van der Waals surface area contributed by atoms with E-state index in [-0.39, 0.29) is 11.8 Å². The zero-order valence-electron chi connectivity index (χ0n) is 10.7. The zero-order valence-corrected chi connectivity index (χ0v) is 10.7. The molecule has 6 heteroatoms. The molecule has 0 saturated heterocycles. The SMILES string of the molecule is CC(CCN)C(=O)Nc1ccc(-c2nnco2)cc1. The van der Waals surface area contributed by atoms with E-state index in [1.54, 1.807) is 12.1 Å². The monoisotopic (exact) mass is 260 g/mol. The predicted octanol–water partition coefficient (Wildman–Crippen LogP) is 1.66. The van der Waals surface area contributed by atoms with Crippen LogP contribution in [0, 0.1) is 5.92 Å². The van der Waals surface area contributed by atoms with Crippen LogP contribution in [0.5, 0.6) is 0 Å². The average molecular weight is 260 g/mol. The number of hydrogen-bond acceptors (Lipinski definition) is 5. The van der Waals surface area contributed by atoms with Gasteiger partial charge in [-0.05, 0) is 37.2 Å². The summed E-state index contributed by atoms with van der Waals surface area (Å²) in [7, 11) is 0. The van der Waals surface area contributed by atoms with Gasteiger partial charge in [0.25, 0.3) is 0 Å². The van der Waals surface area contributed by atoms with Crippen molar-refractivity contribution in [3.63, 3.8) is 0 Å². The number of nitrogens with zero attached hydrogens (tertiary/aromatic N) is 2. The summed E-state index contributed by atoms with van der Waals surface area (Å²) in [4.78, 5) is 11.8. The number of amides is 1. The fourth-order valence-corrected chi connectivity index (χ4v) is 1.64. The quantitative estimate of drug-likeness (QED) is 0.852. The lowest BCUT2D eigenvalue weighted by Crippen LogP contribution is -2.22. The molecular formula is C13H16N4O2. The molecule has 0 spiro atoms. The summed E-state index contributed by atoms with van der Waals surface area (Å²) in [5.74, 6) is 0.325. The fourth-order valence-electron chi connectivity index (χ4n) is 1.64. The standard InChI is InChI=1S/C13H16N4O2/c1-9(6-7-14)12(18)16-11-4-2-10(3-5-11)13-17-15-8-19-13/h2-5,8-9H,6-7,14H2,1H3,(H,16,18). The van der Waals surface area contributed by atoms with Crippen LogP contribution in [0.3, 0.4) is 0 Å². The van der Waals surface area contributed by atoms with Crippen LogP contribution in [0.1, 0.15) is 13.3 Å². The van der Waals surface area contributed by atoms with Crippen LogP contribution in [0.15, 0.2) is 35.1 Å². The molecule has 1 atom stereocenters. The molecule has 0 bridgehead atoms. The summed E-state index contributed by atoms with van der Waals surface area (Å²) in [6, 6.07) is 7.23. The molecule has 19 heavy (non-hydrogen) atoms. The molecule has 0 aliphatic heterocycles. The number of carbonyl (C=O) groups is 1. The van der Waals surface area contributed by atoms with Gasteiger partial charge in [0.15, 0.2) is 0 Å². The lowest BCUT2D eigenvalue weighted by molar-refractivity contribution is -0.119. The van der Waals surface area contributed by atoms with Crippen molar-refractivity contribution in [2.75, 3.05) is 11.9 Å². The van der Waals surface area contributed by atoms with Gasteiger partial charge in [0.1, 0.15) is 0 Å². The van der Waals surface area contributed by atoms with Crippen LogP contribution in [-0.2, 0) is 4.79 Å². The number of nitrogens with two attached hydrogens (primary N) is 1. The summed E-state index contributed by atoms with van der Waals surface area (Å²) in [6.45, 7) is 2.36. The van der Waals surface area contributed by atoms with E-state index in [2.05, 4.69) is 15.5 Å². The van der Waals surface area contributed by atoms with Gasteiger partial charge in [-0.1, -0.05) is 6.92 Å². The van der Waals surface area contributed by atoms with Crippen LogP contribution in [0.25, 0.3) is 11.5 Å². The number of anilines is 1. The van der Waals surface area contributed by atoms with Crippen molar-refractivity contribution in [3.05, 3.63) is 30.7 Å². The highest BCUT2D eigenvalue weighted by atomic mass is 16.4. The third-order valence-corrected chi connectivity index (χ3v) is 2.81. The Morgan fingerprint density at radius 3 is 2.74 bits per heavy atom. The lowest BCUT2D eigenvalue weighted by Gasteiger charge is -2.11. The molecule has 0 aliphatic rings. The van der Waals surface area contributed by atoms with Crippen molar-refractivity contribution in [1.29, 1.82) is 0 Å². The summed E-state index contributed by atoms with van der Waals surface area (Å²) in [5.41, 5.74) is 6.98. The fraction of sp³-hybridized carbons (Fsp3) is 0.308. The van der Waals surface area contributed by atoms with Gasteiger partial charge in [-0.15, -0.1) is 10.2 Å². The molecule has 6 nitrogen and oxygen atoms in total. The first-order valence-electron chi connectivity index (χ1n) is 6.08. The Hall–Kier alpha value is -2.21. The highest BCUT2D eigenvalue weighted by molar-refractivity contribution is 5.92. The van der Waals surface area contributed by atoms with E-state index in [4.69, 9.17) is 10.2 Å². The van der Waals surface area contributed by atoms with Crippen molar-refractivity contribution >= 4 is 11.6 Å². The predicted molar refractivity (Wildman–Crippen MR) is 71.2 cm³/mol.